The highest BCUT2D eigenvalue weighted by atomic mass is 16.3. The fourth-order valence-electron chi connectivity index (χ4n) is 3.84. The van der Waals surface area contributed by atoms with E-state index in [0.29, 0.717) is 12.2 Å². The Morgan fingerprint density at radius 2 is 1.90 bits per heavy atom. The molecule has 6 heteroatoms. The number of urea groups is 1. The van der Waals surface area contributed by atoms with Gasteiger partial charge in [-0.2, -0.15) is 0 Å². The molecule has 1 heterocycles. The Morgan fingerprint density at radius 3 is 2.70 bits per heavy atom. The lowest BCUT2D eigenvalue weighted by molar-refractivity contribution is 0.0996. The number of carbonyl (C=O) groups excluding carboxylic acids is 2. The van der Waals surface area contributed by atoms with Crippen molar-refractivity contribution in [2.75, 3.05) is 12.4 Å². The molecule has 0 aliphatic heterocycles. The van der Waals surface area contributed by atoms with E-state index < -0.39 is 0 Å². The fourth-order valence-corrected chi connectivity index (χ4v) is 3.84. The van der Waals surface area contributed by atoms with Gasteiger partial charge in [-0.05, 0) is 60.2 Å². The van der Waals surface area contributed by atoms with Gasteiger partial charge in [0, 0.05) is 25.3 Å². The molecule has 1 aliphatic carbocycles. The highest BCUT2D eigenvalue weighted by Gasteiger charge is 2.24. The molecule has 154 valence electrons. The van der Waals surface area contributed by atoms with Crippen LogP contribution in [0.25, 0.3) is 0 Å². The molecule has 0 bridgehead atoms. The summed E-state index contributed by atoms with van der Waals surface area (Å²) in [5.74, 6) is -0.0529. The lowest BCUT2D eigenvalue weighted by Crippen LogP contribution is -2.45. The molecule has 4 rings (SSSR count). The van der Waals surface area contributed by atoms with Crippen LogP contribution in [-0.2, 0) is 19.4 Å². The van der Waals surface area contributed by atoms with Crippen molar-refractivity contribution in [3.05, 3.63) is 89.4 Å². The van der Waals surface area contributed by atoms with Crippen molar-refractivity contribution in [1.82, 2.24) is 10.2 Å². The lowest BCUT2D eigenvalue weighted by atomic mass is 9.88. The van der Waals surface area contributed by atoms with Crippen molar-refractivity contribution in [3.8, 4) is 0 Å². The van der Waals surface area contributed by atoms with E-state index in [2.05, 4.69) is 34.9 Å². The van der Waals surface area contributed by atoms with Gasteiger partial charge < -0.3 is 20.0 Å². The van der Waals surface area contributed by atoms with E-state index >= 15 is 0 Å². The summed E-state index contributed by atoms with van der Waals surface area (Å²) in [6.07, 6.45) is 4.31. The first-order valence-electron chi connectivity index (χ1n) is 10.1. The van der Waals surface area contributed by atoms with Crippen molar-refractivity contribution in [1.29, 1.82) is 0 Å². The zero-order chi connectivity index (χ0) is 20.9. The Bertz CT molecular complexity index is 1030. The third-order valence-electron chi connectivity index (χ3n) is 5.56. The van der Waals surface area contributed by atoms with Gasteiger partial charge in [0.15, 0.2) is 5.76 Å². The van der Waals surface area contributed by atoms with Gasteiger partial charge in [0.05, 0.1) is 6.26 Å². The maximum Gasteiger partial charge on any atom is 0.317 e. The van der Waals surface area contributed by atoms with Gasteiger partial charge in [-0.3, -0.25) is 4.79 Å². The standard InChI is InChI=1S/C24H25N3O3/c1-27(21-12-11-18-7-2-3-8-19(18)15-21)24(29)25-16-17-6-4-9-20(14-17)26-23(28)22-10-5-13-30-22/h2-10,13-14,21H,11-12,15-16H2,1H3,(H,25,29)(H,26,28). The summed E-state index contributed by atoms with van der Waals surface area (Å²) in [5.41, 5.74) is 4.27. The average Bonchev–Trinajstić information content (AvgIpc) is 3.32. The molecular formula is C24H25N3O3. The Balaban J connectivity index is 1.32. The van der Waals surface area contributed by atoms with Gasteiger partial charge in [0.2, 0.25) is 0 Å². The molecule has 3 amide bonds. The van der Waals surface area contributed by atoms with Gasteiger partial charge in [0.25, 0.3) is 5.91 Å². The van der Waals surface area contributed by atoms with Crippen molar-refractivity contribution in [3.63, 3.8) is 0 Å². The molecule has 0 radical (unpaired) electrons. The van der Waals surface area contributed by atoms with Crippen LogP contribution >= 0.6 is 0 Å². The van der Waals surface area contributed by atoms with Crippen LogP contribution in [0.4, 0.5) is 10.5 Å². The minimum absolute atomic E-state index is 0.0931. The van der Waals surface area contributed by atoms with E-state index in [9.17, 15) is 9.59 Å². The number of likely N-dealkylation sites (N-methyl/N-ethyl adjacent to an activating group) is 1. The number of hydrogen-bond donors (Lipinski definition) is 2. The molecular weight excluding hydrogens is 378 g/mol. The summed E-state index contributed by atoms with van der Waals surface area (Å²) < 4.78 is 5.11. The highest BCUT2D eigenvalue weighted by molar-refractivity contribution is 6.02. The van der Waals surface area contributed by atoms with Crippen LogP contribution in [-0.4, -0.2) is 29.9 Å². The lowest BCUT2D eigenvalue weighted by Gasteiger charge is -2.32. The summed E-state index contributed by atoms with van der Waals surface area (Å²) in [7, 11) is 1.86. The summed E-state index contributed by atoms with van der Waals surface area (Å²) in [6, 6.07) is 19.2. The third kappa shape index (κ3) is 4.54. The number of carbonyl (C=O) groups is 2. The van der Waals surface area contributed by atoms with Gasteiger partial charge in [-0.25, -0.2) is 4.79 Å². The van der Waals surface area contributed by atoms with Gasteiger partial charge >= 0.3 is 6.03 Å². The van der Waals surface area contributed by atoms with Crippen LogP contribution in [0.3, 0.4) is 0 Å². The van der Waals surface area contributed by atoms with Gasteiger partial charge in [0.1, 0.15) is 0 Å². The Morgan fingerprint density at radius 1 is 1.07 bits per heavy atom. The van der Waals surface area contributed by atoms with E-state index in [1.54, 1.807) is 23.1 Å². The fraction of sp³-hybridized carbons (Fsp3) is 0.250. The largest absolute Gasteiger partial charge is 0.459 e. The molecule has 2 aromatic carbocycles. The molecule has 1 atom stereocenters. The summed E-state index contributed by atoms with van der Waals surface area (Å²) in [5, 5.41) is 5.78. The second-order valence-corrected chi connectivity index (χ2v) is 7.57. The molecule has 1 unspecified atom stereocenters. The number of benzene rings is 2. The topological polar surface area (TPSA) is 74.6 Å². The van der Waals surface area contributed by atoms with Crippen molar-refractivity contribution in [2.45, 2.75) is 31.8 Å². The molecule has 1 aromatic heterocycles. The number of nitrogens with one attached hydrogen (secondary N) is 2. The Kier molecular flexibility index (Phi) is 5.84. The molecule has 0 fully saturated rings. The first-order chi connectivity index (χ1) is 14.6. The van der Waals surface area contributed by atoms with Gasteiger partial charge in [-0.1, -0.05) is 36.4 Å². The van der Waals surface area contributed by atoms with Crippen LogP contribution in [0.2, 0.25) is 0 Å². The maximum atomic E-state index is 12.7. The smallest absolute Gasteiger partial charge is 0.317 e. The average molecular weight is 403 g/mol. The Labute approximate surface area is 175 Å². The maximum absolute atomic E-state index is 12.7. The molecule has 1 aliphatic rings. The minimum Gasteiger partial charge on any atom is -0.459 e. The molecule has 0 spiro atoms. The van der Waals surface area contributed by atoms with E-state index in [0.717, 1.165) is 24.8 Å². The minimum atomic E-state index is -0.307. The predicted octanol–water partition coefficient (Wildman–Crippen LogP) is 4.23. The van der Waals surface area contributed by atoms with Crippen LogP contribution in [0.15, 0.2) is 71.3 Å². The number of hydrogen-bond acceptors (Lipinski definition) is 3. The first kappa shape index (κ1) is 19.8. The molecule has 3 aromatic rings. The quantitative estimate of drug-likeness (QED) is 0.669. The van der Waals surface area contributed by atoms with Crippen molar-refractivity contribution >= 4 is 17.6 Å². The monoisotopic (exact) mass is 403 g/mol. The van der Waals surface area contributed by atoms with Crippen molar-refractivity contribution in [2.24, 2.45) is 0 Å². The number of aryl methyl sites for hydroxylation is 1. The van der Waals surface area contributed by atoms with E-state index in [1.807, 2.05) is 25.2 Å². The number of rotatable bonds is 5. The normalized spacial score (nSPS) is 15.2. The highest BCUT2D eigenvalue weighted by Crippen LogP contribution is 2.24. The van der Waals surface area contributed by atoms with Crippen LogP contribution in [0, 0.1) is 0 Å². The van der Waals surface area contributed by atoms with Crippen LogP contribution < -0.4 is 10.6 Å². The van der Waals surface area contributed by atoms with E-state index in [1.165, 1.54) is 17.4 Å². The SMILES string of the molecule is CN(C(=O)NCc1cccc(NC(=O)c2ccco2)c1)C1CCc2ccccc2C1. The third-order valence-corrected chi connectivity index (χ3v) is 5.56. The van der Waals surface area contributed by atoms with E-state index in [4.69, 9.17) is 4.42 Å². The molecule has 30 heavy (non-hydrogen) atoms. The molecule has 0 saturated heterocycles. The number of nitrogens with zero attached hydrogens (tertiary/aromatic N) is 1. The zero-order valence-electron chi connectivity index (χ0n) is 16.9. The molecule has 6 nitrogen and oxygen atoms in total. The predicted molar refractivity (Wildman–Crippen MR) is 115 cm³/mol. The number of amides is 3. The van der Waals surface area contributed by atoms with E-state index in [-0.39, 0.29) is 23.7 Å². The second-order valence-electron chi connectivity index (χ2n) is 7.57. The zero-order valence-corrected chi connectivity index (χ0v) is 16.9. The second kappa shape index (κ2) is 8.86. The Hall–Kier alpha value is -3.54. The first-order valence-corrected chi connectivity index (χ1v) is 10.1. The summed E-state index contributed by atoms with van der Waals surface area (Å²) in [4.78, 5) is 26.6. The molecule has 0 saturated carbocycles. The summed E-state index contributed by atoms with van der Waals surface area (Å²) in [6.45, 7) is 0.386. The van der Waals surface area contributed by atoms with Crippen molar-refractivity contribution < 1.29 is 14.0 Å². The van der Waals surface area contributed by atoms with Gasteiger partial charge in [-0.15, -0.1) is 0 Å². The van der Waals surface area contributed by atoms with Crippen LogP contribution in [0.1, 0.15) is 33.7 Å². The van der Waals surface area contributed by atoms with Crippen LogP contribution in [0.5, 0.6) is 0 Å². The summed E-state index contributed by atoms with van der Waals surface area (Å²) >= 11 is 0. The number of anilines is 1. The number of furan rings is 1. The molecule has 2 N–H and O–H groups in total. The number of fused-ring (bicyclic) bond motifs is 1.